The summed E-state index contributed by atoms with van der Waals surface area (Å²) in [6, 6.07) is 7.86. The van der Waals surface area contributed by atoms with Gasteiger partial charge in [-0.15, -0.1) is 0 Å². The standard InChI is InChI=1S/C19H22ClN5O2S/c20-13-8-17(16-11-22-19-15(16)5-2-6-21-19)25-18(9-13)24-14-4-1-3-12(7-14)10-23-28(26)27/h2,5-6,8-9,11-12,14,23H,1,3-4,7,10H2,(H,21,22)(H,24,25)(H,26,27). The molecule has 4 rings (SSSR count). The summed E-state index contributed by atoms with van der Waals surface area (Å²) in [6.07, 6.45) is 7.74. The van der Waals surface area contributed by atoms with Crippen molar-refractivity contribution in [2.75, 3.05) is 11.9 Å². The van der Waals surface area contributed by atoms with Crippen LogP contribution in [-0.4, -0.2) is 36.3 Å². The van der Waals surface area contributed by atoms with Crippen LogP contribution < -0.4 is 10.0 Å². The summed E-state index contributed by atoms with van der Waals surface area (Å²) in [4.78, 5) is 12.3. The Morgan fingerprint density at radius 1 is 1.36 bits per heavy atom. The molecule has 0 saturated heterocycles. The zero-order chi connectivity index (χ0) is 19.5. The first-order valence-electron chi connectivity index (χ1n) is 9.29. The summed E-state index contributed by atoms with van der Waals surface area (Å²) in [6.45, 7) is 0.540. The molecular formula is C19H22ClN5O2S. The number of pyridine rings is 2. The third-order valence-corrected chi connectivity index (χ3v) is 5.78. The molecule has 3 heterocycles. The Balaban J connectivity index is 1.52. The lowest BCUT2D eigenvalue weighted by Gasteiger charge is -2.30. The number of fused-ring (bicyclic) bond motifs is 1. The number of anilines is 1. The lowest BCUT2D eigenvalue weighted by Crippen LogP contribution is -2.33. The molecule has 3 aromatic heterocycles. The molecule has 0 bridgehead atoms. The Morgan fingerprint density at radius 2 is 2.25 bits per heavy atom. The van der Waals surface area contributed by atoms with E-state index in [0.717, 1.165) is 53.8 Å². The van der Waals surface area contributed by atoms with E-state index in [1.54, 1.807) is 6.20 Å². The van der Waals surface area contributed by atoms with E-state index >= 15 is 0 Å². The van der Waals surface area contributed by atoms with E-state index in [1.165, 1.54) is 0 Å². The summed E-state index contributed by atoms with van der Waals surface area (Å²) >= 11 is 4.41. The molecule has 3 aromatic rings. The average Bonchev–Trinajstić information content (AvgIpc) is 3.10. The third kappa shape index (κ3) is 4.52. The van der Waals surface area contributed by atoms with Crippen LogP contribution in [0.25, 0.3) is 22.3 Å². The molecule has 0 aliphatic heterocycles. The van der Waals surface area contributed by atoms with Gasteiger partial charge in [-0.1, -0.05) is 18.0 Å². The second kappa shape index (κ2) is 8.57. The number of hydrogen-bond acceptors (Lipinski definition) is 4. The molecule has 9 heteroatoms. The first-order valence-corrected chi connectivity index (χ1v) is 10.8. The van der Waals surface area contributed by atoms with Crippen LogP contribution in [0.1, 0.15) is 25.7 Å². The van der Waals surface area contributed by atoms with E-state index in [1.807, 2.05) is 30.5 Å². The molecule has 1 fully saturated rings. The predicted molar refractivity (Wildman–Crippen MR) is 112 cm³/mol. The molecule has 0 radical (unpaired) electrons. The number of H-pyrrole nitrogens is 1. The lowest BCUT2D eigenvalue weighted by molar-refractivity contribution is 0.333. The SMILES string of the molecule is O=S(O)NCC1CCCC(Nc2cc(Cl)cc(-c3c[nH]c4ncccc34)n2)C1. The first-order chi connectivity index (χ1) is 13.6. The van der Waals surface area contributed by atoms with Gasteiger partial charge in [-0.3, -0.25) is 4.55 Å². The van der Waals surface area contributed by atoms with Crippen molar-refractivity contribution in [3.8, 4) is 11.3 Å². The van der Waals surface area contributed by atoms with E-state index < -0.39 is 11.3 Å². The number of aromatic nitrogens is 3. The van der Waals surface area contributed by atoms with Crippen LogP contribution in [0.3, 0.4) is 0 Å². The maximum Gasteiger partial charge on any atom is 0.231 e. The maximum absolute atomic E-state index is 10.8. The lowest BCUT2D eigenvalue weighted by atomic mass is 9.86. The summed E-state index contributed by atoms with van der Waals surface area (Å²) in [5.41, 5.74) is 2.57. The minimum absolute atomic E-state index is 0.260. The normalized spacial score (nSPS) is 20.9. The molecule has 3 unspecified atom stereocenters. The van der Waals surface area contributed by atoms with Crippen LogP contribution in [0.2, 0.25) is 5.02 Å². The van der Waals surface area contributed by atoms with Gasteiger partial charge in [-0.2, -0.15) is 0 Å². The molecule has 1 aliphatic rings. The van der Waals surface area contributed by atoms with Gasteiger partial charge in [0.1, 0.15) is 11.5 Å². The van der Waals surface area contributed by atoms with Gasteiger partial charge in [0, 0.05) is 41.0 Å². The maximum atomic E-state index is 10.8. The second-order valence-electron chi connectivity index (χ2n) is 7.13. The molecule has 1 saturated carbocycles. The highest BCUT2D eigenvalue weighted by molar-refractivity contribution is 7.77. The van der Waals surface area contributed by atoms with Crippen molar-refractivity contribution in [3.63, 3.8) is 0 Å². The van der Waals surface area contributed by atoms with Crippen molar-refractivity contribution in [1.29, 1.82) is 0 Å². The Labute approximate surface area is 170 Å². The summed E-state index contributed by atoms with van der Waals surface area (Å²) in [5, 5.41) is 5.13. The molecule has 0 spiro atoms. The number of nitrogens with one attached hydrogen (secondary N) is 3. The molecule has 4 N–H and O–H groups in total. The Kier molecular flexibility index (Phi) is 5.91. The fourth-order valence-electron chi connectivity index (χ4n) is 3.88. The van der Waals surface area contributed by atoms with E-state index in [0.29, 0.717) is 17.5 Å². The van der Waals surface area contributed by atoms with Crippen LogP contribution in [0.4, 0.5) is 5.82 Å². The first kappa shape index (κ1) is 19.3. The zero-order valence-electron chi connectivity index (χ0n) is 15.2. The highest BCUT2D eigenvalue weighted by atomic mass is 35.5. The molecule has 1 aliphatic carbocycles. The van der Waals surface area contributed by atoms with E-state index in [-0.39, 0.29) is 6.04 Å². The average molecular weight is 420 g/mol. The number of hydrogen-bond donors (Lipinski definition) is 4. The van der Waals surface area contributed by atoms with Crippen molar-refractivity contribution >= 4 is 39.7 Å². The fraction of sp³-hybridized carbons (Fsp3) is 0.368. The van der Waals surface area contributed by atoms with E-state index in [2.05, 4.69) is 20.0 Å². The molecule has 28 heavy (non-hydrogen) atoms. The molecule has 0 amide bonds. The van der Waals surface area contributed by atoms with Gasteiger partial charge in [0.05, 0.1) is 5.69 Å². The van der Waals surface area contributed by atoms with Crippen molar-refractivity contribution in [2.45, 2.75) is 31.7 Å². The van der Waals surface area contributed by atoms with Crippen LogP contribution in [0.15, 0.2) is 36.7 Å². The Morgan fingerprint density at radius 3 is 3.11 bits per heavy atom. The molecule has 7 nitrogen and oxygen atoms in total. The van der Waals surface area contributed by atoms with Crippen molar-refractivity contribution in [2.24, 2.45) is 5.92 Å². The minimum atomic E-state index is -1.96. The van der Waals surface area contributed by atoms with Gasteiger partial charge in [0.2, 0.25) is 11.3 Å². The monoisotopic (exact) mass is 419 g/mol. The molecule has 3 atom stereocenters. The third-order valence-electron chi connectivity index (χ3n) is 5.15. The van der Waals surface area contributed by atoms with Gasteiger partial charge in [0.15, 0.2) is 0 Å². The van der Waals surface area contributed by atoms with Crippen LogP contribution in [-0.2, 0) is 11.3 Å². The molecule has 148 valence electrons. The van der Waals surface area contributed by atoms with Crippen LogP contribution >= 0.6 is 11.6 Å². The fourth-order valence-corrected chi connectivity index (χ4v) is 4.47. The van der Waals surface area contributed by atoms with Gasteiger partial charge in [-0.05, 0) is 49.4 Å². The topological polar surface area (TPSA) is 103 Å². The number of aromatic amines is 1. The van der Waals surface area contributed by atoms with Crippen molar-refractivity contribution in [1.82, 2.24) is 19.7 Å². The zero-order valence-corrected chi connectivity index (χ0v) is 16.8. The smallest absolute Gasteiger partial charge is 0.231 e. The second-order valence-corrected chi connectivity index (χ2v) is 8.35. The van der Waals surface area contributed by atoms with Crippen LogP contribution in [0, 0.1) is 5.92 Å². The number of nitrogens with zero attached hydrogens (tertiary/aromatic N) is 2. The van der Waals surface area contributed by atoms with E-state index in [9.17, 15) is 4.21 Å². The number of rotatable bonds is 6. The van der Waals surface area contributed by atoms with Crippen molar-refractivity contribution in [3.05, 3.63) is 41.7 Å². The summed E-state index contributed by atoms with van der Waals surface area (Å²) < 4.78 is 22.4. The van der Waals surface area contributed by atoms with Gasteiger partial charge in [0.25, 0.3) is 0 Å². The minimum Gasteiger partial charge on any atom is -0.367 e. The van der Waals surface area contributed by atoms with Crippen molar-refractivity contribution < 1.29 is 8.76 Å². The number of halogens is 1. The summed E-state index contributed by atoms with van der Waals surface area (Å²) in [5.74, 6) is 1.10. The quantitative estimate of drug-likeness (QED) is 0.452. The molecular weight excluding hydrogens is 398 g/mol. The van der Waals surface area contributed by atoms with E-state index in [4.69, 9.17) is 21.1 Å². The Bertz CT molecular complexity index is 995. The highest BCUT2D eigenvalue weighted by Crippen LogP contribution is 2.31. The largest absolute Gasteiger partial charge is 0.367 e. The van der Waals surface area contributed by atoms with Gasteiger partial charge >= 0.3 is 0 Å². The predicted octanol–water partition coefficient (Wildman–Crippen LogP) is 3.98. The molecule has 0 aromatic carbocycles. The highest BCUT2D eigenvalue weighted by Gasteiger charge is 2.23. The van der Waals surface area contributed by atoms with Crippen LogP contribution in [0.5, 0.6) is 0 Å². The van der Waals surface area contributed by atoms with Gasteiger partial charge < -0.3 is 10.3 Å². The van der Waals surface area contributed by atoms with Gasteiger partial charge in [-0.25, -0.2) is 18.9 Å². The Hall–Kier alpha value is -2.00. The summed E-state index contributed by atoms with van der Waals surface area (Å²) in [7, 11) is 0.